The number of carbonyl (C=O) groups excluding carboxylic acids is 6. The molecule has 5 aliphatic rings. The van der Waals surface area contributed by atoms with Crippen molar-refractivity contribution >= 4 is 46.7 Å². The highest BCUT2D eigenvalue weighted by atomic mass is 32.1. The number of nitrogens with one attached hydrogen (secondary N) is 4. The van der Waals surface area contributed by atoms with Crippen LogP contribution in [0.15, 0.2) is 17.5 Å². The van der Waals surface area contributed by atoms with E-state index in [1.807, 2.05) is 11.4 Å². The molecule has 4 aliphatic carbocycles. The van der Waals surface area contributed by atoms with Crippen LogP contribution in [0.1, 0.15) is 126 Å². The van der Waals surface area contributed by atoms with Gasteiger partial charge in [-0.3, -0.25) is 28.8 Å². The average molecular weight is 696 g/mol. The molecule has 1 aromatic rings. The van der Waals surface area contributed by atoms with Gasteiger partial charge in [0.25, 0.3) is 11.8 Å². The van der Waals surface area contributed by atoms with E-state index in [9.17, 15) is 28.8 Å². The lowest BCUT2D eigenvalue weighted by atomic mass is 9.69. The molecule has 0 spiro atoms. The molecular formula is C37H53N5O6S. The van der Waals surface area contributed by atoms with E-state index in [0.717, 1.165) is 89.9 Å². The number of likely N-dealkylation sites (tertiary alicyclic amines) is 1. The van der Waals surface area contributed by atoms with E-state index in [1.165, 1.54) is 11.3 Å². The highest BCUT2D eigenvalue weighted by Crippen LogP contribution is 2.41. The number of thiophene rings is 1. The van der Waals surface area contributed by atoms with Crippen LogP contribution in [0.3, 0.4) is 0 Å². The van der Waals surface area contributed by atoms with Crippen molar-refractivity contribution in [2.24, 2.45) is 17.3 Å². The number of carbonyl (C=O) groups is 6. The van der Waals surface area contributed by atoms with Crippen LogP contribution in [-0.2, 0) is 24.0 Å². The fourth-order valence-corrected chi connectivity index (χ4v) is 8.82. The summed E-state index contributed by atoms with van der Waals surface area (Å²) in [6.45, 7) is 2.42. The summed E-state index contributed by atoms with van der Waals surface area (Å²) in [7, 11) is 0. The van der Waals surface area contributed by atoms with E-state index < -0.39 is 47.2 Å². The quantitative estimate of drug-likeness (QED) is 0.216. The summed E-state index contributed by atoms with van der Waals surface area (Å²) in [5, 5.41) is 13.7. The zero-order chi connectivity index (χ0) is 34.5. The number of ketones is 1. The summed E-state index contributed by atoms with van der Waals surface area (Å²) in [6.07, 6.45) is 14.3. The van der Waals surface area contributed by atoms with Gasteiger partial charge in [-0.25, -0.2) is 0 Å². The van der Waals surface area contributed by atoms with Gasteiger partial charge in [0, 0.05) is 12.6 Å². The van der Waals surface area contributed by atoms with E-state index in [-0.39, 0.29) is 29.7 Å². The van der Waals surface area contributed by atoms with Crippen molar-refractivity contribution < 1.29 is 28.8 Å². The second kappa shape index (κ2) is 15.7. The zero-order valence-corrected chi connectivity index (χ0v) is 29.6. The topological polar surface area (TPSA) is 154 Å². The second-order valence-electron chi connectivity index (χ2n) is 15.5. The van der Waals surface area contributed by atoms with Gasteiger partial charge in [-0.05, 0) is 86.5 Å². The second-order valence-corrected chi connectivity index (χ2v) is 16.5. The minimum Gasteiger partial charge on any atom is -0.347 e. The lowest BCUT2D eigenvalue weighted by molar-refractivity contribution is -0.146. The average Bonchev–Trinajstić information content (AvgIpc) is 3.98. The van der Waals surface area contributed by atoms with E-state index >= 15 is 0 Å². The Bertz CT molecular complexity index is 1380. The third-order valence-corrected chi connectivity index (χ3v) is 12.4. The fraction of sp³-hybridized carbons (Fsp3) is 0.730. The molecule has 0 radical (unpaired) electrons. The summed E-state index contributed by atoms with van der Waals surface area (Å²) < 4.78 is 0. The Morgan fingerprint density at radius 2 is 1.57 bits per heavy atom. The third kappa shape index (κ3) is 8.91. The van der Waals surface area contributed by atoms with Gasteiger partial charge in [0.2, 0.25) is 23.5 Å². The van der Waals surface area contributed by atoms with E-state index in [1.54, 1.807) is 11.0 Å². The molecule has 268 valence electrons. The summed E-state index contributed by atoms with van der Waals surface area (Å²) in [4.78, 5) is 84.0. The van der Waals surface area contributed by atoms with Crippen LogP contribution in [0, 0.1) is 17.3 Å². The highest BCUT2D eigenvalue weighted by molar-refractivity contribution is 7.12. The van der Waals surface area contributed by atoms with Crippen molar-refractivity contribution in [1.29, 1.82) is 0 Å². The first-order chi connectivity index (χ1) is 23.6. The van der Waals surface area contributed by atoms with Crippen LogP contribution in [-0.4, -0.2) is 77.0 Å². The molecule has 1 aromatic heterocycles. The number of nitrogens with zero attached hydrogens (tertiary/aromatic N) is 1. The summed E-state index contributed by atoms with van der Waals surface area (Å²) in [6, 6.07) is 0.221. The lowest BCUT2D eigenvalue weighted by Gasteiger charge is -2.43. The molecule has 0 bridgehead atoms. The monoisotopic (exact) mass is 695 g/mol. The maximum atomic E-state index is 14.7. The van der Waals surface area contributed by atoms with Gasteiger partial charge in [0.05, 0.1) is 10.9 Å². The number of hydrogen-bond acceptors (Lipinski definition) is 7. The summed E-state index contributed by atoms with van der Waals surface area (Å²) >= 11 is 1.33. The molecule has 1 aliphatic heterocycles. The predicted molar refractivity (Wildman–Crippen MR) is 185 cm³/mol. The molecule has 5 fully saturated rings. The first-order valence-corrected chi connectivity index (χ1v) is 19.6. The molecule has 0 aromatic carbocycles. The Kier molecular flexibility index (Phi) is 11.4. The summed E-state index contributed by atoms with van der Waals surface area (Å²) in [5.41, 5.74) is -0.519. The van der Waals surface area contributed by atoms with Gasteiger partial charge in [0.15, 0.2) is 0 Å². The van der Waals surface area contributed by atoms with Crippen LogP contribution >= 0.6 is 11.3 Å². The predicted octanol–water partition coefficient (Wildman–Crippen LogP) is 4.01. The Balaban J connectivity index is 1.20. The Labute approximate surface area is 293 Å². The molecule has 11 nitrogen and oxygen atoms in total. The minimum atomic E-state index is -0.925. The van der Waals surface area contributed by atoms with Gasteiger partial charge < -0.3 is 26.2 Å². The standard InChI is InChI=1S/C37H53N5O6S/c1-37(18-6-3-7-19-37)31(41-34(46)29(24-10-4-2-5-11-24)40-33(45)28-13-9-21-49-28)36(48)42-20-8-12-27(42)32(44)39-26(22-23-14-15-23)30(43)35(47)38-25-16-17-25/h9,13,21,23-27,29,31H,2-8,10-12,14-20,22H2,1H3,(H,38,47)(H,39,44)(H,40,45)(H,41,46)/t26?,27-,29-,31+/m0/s1. The zero-order valence-electron chi connectivity index (χ0n) is 28.8. The van der Waals surface area contributed by atoms with Gasteiger partial charge in [-0.15, -0.1) is 11.3 Å². The fourth-order valence-electron chi connectivity index (χ4n) is 8.20. The van der Waals surface area contributed by atoms with Gasteiger partial charge in [-0.2, -0.15) is 0 Å². The van der Waals surface area contributed by atoms with Crippen LogP contribution in [0.4, 0.5) is 0 Å². The Morgan fingerprint density at radius 1 is 0.857 bits per heavy atom. The third-order valence-electron chi connectivity index (χ3n) is 11.5. The number of Topliss-reactive ketones (excluding diaryl/α,β-unsaturated/α-hetero) is 1. The maximum absolute atomic E-state index is 14.7. The van der Waals surface area contributed by atoms with E-state index in [4.69, 9.17) is 0 Å². The van der Waals surface area contributed by atoms with Gasteiger partial charge in [0.1, 0.15) is 18.1 Å². The van der Waals surface area contributed by atoms with E-state index in [0.29, 0.717) is 36.6 Å². The molecule has 4 N–H and O–H groups in total. The molecule has 1 saturated heterocycles. The molecule has 49 heavy (non-hydrogen) atoms. The molecule has 12 heteroatoms. The van der Waals surface area contributed by atoms with Crippen molar-refractivity contribution in [2.45, 2.75) is 146 Å². The maximum Gasteiger partial charge on any atom is 0.289 e. The smallest absolute Gasteiger partial charge is 0.289 e. The first kappa shape index (κ1) is 35.5. The Hall–Kier alpha value is -3.28. The molecular weight excluding hydrogens is 643 g/mol. The van der Waals surface area contributed by atoms with E-state index in [2.05, 4.69) is 28.2 Å². The normalized spacial score (nSPS) is 24.3. The van der Waals surface area contributed by atoms with Crippen molar-refractivity contribution in [1.82, 2.24) is 26.2 Å². The largest absolute Gasteiger partial charge is 0.347 e. The number of amides is 5. The van der Waals surface area contributed by atoms with Crippen molar-refractivity contribution in [3.63, 3.8) is 0 Å². The molecule has 1 unspecified atom stereocenters. The first-order valence-electron chi connectivity index (χ1n) is 18.7. The molecule has 6 rings (SSSR count). The molecule has 2 heterocycles. The van der Waals surface area contributed by atoms with Crippen LogP contribution < -0.4 is 21.3 Å². The van der Waals surface area contributed by atoms with Crippen LogP contribution in [0.5, 0.6) is 0 Å². The molecule has 5 amide bonds. The highest BCUT2D eigenvalue weighted by Gasteiger charge is 2.48. The van der Waals surface area contributed by atoms with Crippen LogP contribution in [0.25, 0.3) is 0 Å². The minimum absolute atomic E-state index is 0.0315. The van der Waals surface area contributed by atoms with Crippen molar-refractivity contribution in [2.75, 3.05) is 6.54 Å². The molecule has 4 atom stereocenters. The Morgan fingerprint density at radius 3 is 2.22 bits per heavy atom. The number of hydrogen-bond donors (Lipinski definition) is 4. The lowest BCUT2D eigenvalue weighted by Crippen LogP contribution is -2.63. The SMILES string of the molecule is CC1([C@H](NC(=O)[C@@H](NC(=O)c2cccs2)C2CCCCC2)C(=O)N2CCC[C@H]2C(=O)NC(CC2CC2)C(=O)C(=O)NC2CC2)CCCCC1. The van der Waals surface area contributed by atoms with Crippen molar-refractivity contribution in [3.8, 4) is 0 Å². The van der Waals surface area contributed by atoms with Crippen LogP contribution in [0.2, 0.25) is 0 Å². The number of rotatable bonds is 14. The van der Waals surface area contributed by atoms with Gasteiger partial charge >= 0.3 is 0 Å². The molecule has 4 saturated carbocycles. The van der Waals surface area contributed by atoms with Crippen molar-refractivity contribution in [3.05, 3.63) is 22.4 Å². The summed E-state index contributed by atoms with van der Waals surface area (Å²) in [5.74, 6) is -2.36. The van der Waals surface area contributed by atoms with Gasteiger partial charge in [-0.1, -0.05) is 64.4 Å².